The number of ether oxygens (including phenoxy) is 1. The van der Waals surface area contributed by atoms with Gasteiger partial charge in [0.25, 0.3) is 5.91 Å². The molecule has 1 atom stereocenters. The molecule has 0 spiro atoms. The number of carbonyl (C=O) groups is 2. The Morgan fingerprint density at radius 2 is 1.61 bits per heavy atom. The van der Waals surface area contributed by atoms with Crippen LogP contribution in [0.3, 0.4) is 0 Å². The lowest BCUT2D eigenvalue weighted by Crippen LogP contribution is -2.55. The van der Waals surface area contributed by atoms with Crippen molar-refractivity contribution in [3.63, 3.8) is 0 Å². The summed E-state index contributed by atoms with van der Waals surface area (Å²) >= 11 is 6.23. The molecule has 3 rings (SSSR count). The van der Waals surface area contributed by atoms with Gasteiger partial charge in [0.1, 0.15) is 11.8 Å². The van der Waals surface area contributed by atoms with Gasteiger partial charge in [-0.2, -0.15) is 0 Å². The van der Waals surface area contributed by atoms with Gasteiger partial charge in [-0.25, -0.2) is 0 Å². The van der Waals surface area contributed by atoms with Crippen molar-refractivity contribution in [2.24, 2.45) is 0 Å². The van der Waals surface area contributed by atoms with Crippen LogP contribution in [-0.4, -0.2) is 34.9 Å². The molecule has 0 aliphatic heterocycles. The highest BCUT2D eigenvalue weighted by Crippen LogP contribution is 2.20. The lowest BCUT2D eigenvalue weighted by Gasteiger charge is -2.33. The Balaban J connectivity index is 1.93. The molecule has 3 aromatic carbocycles. The van der Waals surface area contributed by atoms with E-state index in [9.17, 15) is 9.59 Å². The Labute approximate surface area is 219 Å². The van der Waals surface area contributed by atoms with Gasteiger partial charge in [-0.15, -0.1) is 0 Å². The number of hydrogen-bond acceptors (Lipinski definition) is 3. The van der Waals surface area contributed by atoms with E-state index in [2.05, 4.69) is 5.32 Å². The minimum atomic E-state index is -0.735. The summed E-state index contributed by atoms with van der Waals surface area (Å²) in [6.45, 7) is 9.85. The van der Waals surface area contributed by atoms with Crippen LogP contribution in [-0.2, 0) is 22.6 Å². The van der Waals surface area contributed by atoms with E-state index in [1.54, 1.807) is 11.0 Å². The molecule has 1 N–H and O–H groups in total. The highest BCUT2D eigenvalue weighted by Gasteiger charge is 2.32. The number of carbonyl (C=O) groups excluding carboxylic acids is 2. The lowest BCUT2D eigenvalue weighted by atomic mass is 10.0. The molecule has 0 saturated carbocycles. The summed E-state index contributed by atoms with van der Waals surface area (Å²) in [7, 11) is 0. The van der Waals surface area contributed by atoms with Crippen LogP contribution in [0.1, 0.15) is 43.0 Å². The lowest BCUT2D eigenvalue weighted by molar-refractivity contribution is -0.143. The van der Waals surface area contributed by atoms with Crippen molar-refractivity contribution in [3.05, 3.63) is 100 Å². The van der Waals surface area contributed by atoms with Crippen LogP contribution in [0.25, 0.3) is 0 Å². The summed E-state index contributed by atoms with van der Waals surface area (Å²) in [6, 6.07) is 22.1. The van der Waals surface area contributed by atoms with Gasteiger partial charge in [-0.3, -0.25) is 9.59 Å². The van der Waals surface area contributed by atoms with Gasteiger partial charge in [0.15, 0.2) is 6.61 Å². The number of rotatable bonds is 9. The number of halogens is 1. The van der Waals surface area contributed by atoms with E-state index in [1.165, 1.54) is 0 Å². The molecule has 0 aliphatic rings. The molecule has 3 aromatic rings. The molecule has 0 saturated heterocycles. The van der Waals surface area contributed by atoms with Crippen LogP contribution in [0.2, 0.25) is 5.02 Å². The summed E-state index contributed by atoms with van der Waals surface area (Å²) in [5.41, 5.74) is 3.58. The maximum absolute atomic E-state index is 13.6. The van der Waals surface area contributed by atoms with Crippen LogP contribution < -0.4 is 10.1 Å². The van der Waals surface area contributed by atoms with Gasteiger partial charge in [0.2, 0.25) is 5.91 Å². The molecular formula is C30H35ClN2O3. The monoisotopic (exact) mass is 506 g/mol. The maximum Gasteiger partial charge on any atom is 0.261 e. The first-order valence-corrected chi connectivity index (χ1v) is 12.5. The molecule has 0 unspecified atom stereocenters. The summed E-state index contributed by atoms with van der Waals surface area (Å²) < 4.78 is 5.88. The van der Waals surface area contributed by atoms with Crippen LogP contribution in [0.5, 0.6) is 5.75 Å². The molecule has 6 heteroatoms. The SMILES string of the molecule is Cc1ccc(OCC(=O)N(Cc2cccc(Cl)c2)[C@@H](Cc2ccccc2)C(=O)NC(C)(C)C)cc1C. The third-order valence-electron chi connectivity index (χ3n) is 5.85. The van der Waals surface area contributed by atoms with Gasteiger partial charge in [-0.1, -0.05) is 60.1 Å². The molecule has 0 heterocycles. The van der Waals surface area contributed by atoms with Crippen molar-refractivity contribution in [3.8, 4) is 5.75 Å². The quantitative estimate of drug-likeness (QED) is 0.393. The van der Waals surface area contributed by atoms with Gasteiger partial charge in [0.05, 0.1) is 0 Å². The second kappa shape index (κ2) is 12.1. The zero-order chi connectivity index (χ0) is 26.3. The smallest absolute Gasteiger partial charge is 0.261 e. The predicted octanol–water partition coefficient (Wildman–Crippen LogP) is 5.89. The van der Waals surface area contributed by atoms with Crippen molar-refractivity contribution >= 4 is 23.4 Å². The van der Waals surface area contributed by atoms with E-state index in [-0.39, 0.29) is 25.0 Å². The van der Waals surface area contributed by atoms with Gasteiger partial charge in [-0.05, 0) is 81.1 Å². The van der Waals surface area contributed by atoms with E-state index < -0.39 is 11.6 Å². The van der Waals surface area contributed by atoms with Gasteiger partial charge >= 0.3 is 0 Å². The van der Waals surface area contributed by atoms with Crippen LogP contribution in [0.15, 0.2) is 72.8 Å². The van der Waals surface area contributed by atoms with E-state index in [0.29, 0.717) is 17.2 Å². The van der Waals surface area contributed by atoms with Gasteiger partial charge in [0, 0.05) is 23.5 Å². The minimum Gasteiger partial charge on any atom is -0.484 e. The van der Waals surface area contributed by atoms with E-state index in [0.717, 1.165) is 22.3 Å². The fourth-order valence-electron chi connectivity index (χ4n) is 3.87. The van der Waals surface area contributed by atoms with Crippen LogP contribution >= 0.6 is 11.6 Å². The fourth-order valence-corrected chi connectivity index (χ4v) is 4.08. The van der Waals surface area contributed by atoms with E-state index in [1.807, 2.05) is 101 Å². The molecule has 190 valence electrons. The Morgan fingerprint density at radius 3 is 2.25 bits per heavy atom. The number of nitrogens with zero attached hydrogens (tertiary/aromatic N) is 1. The number of hydrogen-bond donors (Lipinski definition) is 1. The summed E-state index contributed by atoms with van der Waals surface area (Å²) in [4.78, 5) is 28.8. The van der Waals surface area contributed by atoms with Gasteiger partial charge < -0.3 is 15.0 Å². The largest absolute Gasteiger partial charge is 0.484 e. The Hall–Kier alpha value is -3.31. The summed E-state index contributed by atoms with van der Waals surface area (Å²) in [5, 5.41) is 3.63. The molecule has 0 aliphatic carbocycles. The van der Waals surface area contributed by atoms with Crippen molar-refractivity contribution < 1.29 is 14.3 Å². The maximum atomic E-state index is 13.6. The number of amides is 2. The number of nitrogens with one attached hydrogen (secondary N) is 1. The zero-order valence-corrected chi connectivity index (χ0v) is 22.4. The Bertz CT molecular complexity index is 1190. The second-order valence-corrected chi connectivity index (χ2v) is 10.6. The summed E-state index contributed by atoms with van der Waals surface area (Å²) in [5.74, 6) is 0.124. The average Bonchev–Trinajstić information content (AvgIpc) is 2.81. The summed E-state index contributed by atoms with van der Waals surface area (Å²) in [6.07, 6.45) is 0.374. The standard InChI is InChI=1S/C30H35ClN2O3/c1-21-14-15-26(16-22(21)2)36-20-28(34)33(19-24-12-9-13-25(31)17-24)27(29(35)32-30(3,4)5)18-23-10-7-6-8-11-23/h6-17,27H,18-20H2,1-5H3,(H,32,35)/t27-/m0/s1. The van der Waals surface area contributed by atoms with E-state index >= 15 is 0 Å². The highest BCUT2D eigenvalue weighted by molar-refractivity contribution is 6.30. The molecule has 2 amide bonds. The molecule has 0 bridgehead atoms. The van der Waals surface area contributed by atoms with Crippen molar-refractivity contribution in [1.29, 1.82) is 0 Å². The average molecular weight is 507 g/mol. The molecular weight excluding hydrogens is 472 g/mol. The van der Waals surface area contributed by atoms with Crippen molar-refractivity contribution in [2.75, 3.05) is 6.61 Å². The normalized spacial score (nSPS) is 12.1. The minimum absolute atomic E-state index is 0.183. The third kappa shape index (κ3) is 8.13. The molecule has 0 aromatic heterocycles. The first-order valence-electron chi connectivity index (χ1n) is 12.1. The van der Waals surface area contributed by atoms with Crippen molar-refractivity contribution in [2.45, 2.75) is 59.2 Å². The van der Waals surface area contributed by atoms with Crippen molar-refractivity contribution in [1.82, 2.24) is 10.2 Å². The Kier molecular flexibility index (Phi) is 9.16. The number of aryl methyl sites for hydroxylation is 2. The molecule has 0 fully saturated rings. The second-order valence-electron chi connectivity index (χ2n) is 10.1. The topological polar surface area (TPSA) is 58.6 Å². The molecule has 0 radical (unpaired) electrons. The van der Waals surface area contributed by atoms with Crippen LogP contribution in [0, 0.1) is 13.8 Å². The molecule has 5 nitrogen and oxygen atoms in total. The Morgan fingerprint density at radius 1 is 0.917 bits per heavy atom. The van der Waals surface area contributed by atoms with E-state index in [4.69, 9.17) is 16.3 Å². The predicted molar refractivity (Wildman–Crippen MR) is 145 cm³/mol. The number of benzene rings is 3. The highest BCUT2D eigenvalue weighted by atomic mass is 35.5. The fraction of sp³-hybridized carbons (Fsp3) is 0.333. The first kappa shape index (κ1) is 27.3. The zero-order valence-electron chi connectivity index (χ0n) is 21.7. The third-order valence-corrected chi connectivity index (χ3v) is 6.09. The molecule has 36 heavy (non-hydrogen) atoms. The first-order chi connectivity index (χ1) is 17.0. The van der Waals surface area contributed by atoms with Crippen LogP contribution in [0.4, 0.5) is 0 Å².